The number of nitrogens with zero attached hydrogens (tertiary/aromatic N) is 3. The molecule has 0 radical (unpaired) electrons. The summed E-state index contributed by atoms with van der Waals surface area (Å²) in [6.07, 6.45) is 8.55. The Labute approximate surface area is 234 Å². The molecule has 0 bridgehead atoms. The Hall–Kier alpha value is -3.28. The van der Waals surface area contributed by atoms with Gasteiger partial charge in [0.25, 0.3) is 5.91 Å². The first-order chi connectivity index (χ1) is 19.0. The van der Waals surface area contributed by atoms with Crippen molar-refractivity contribution in [2.24, 2.45) is 11.7 Å². The van der Waals surface area contributed by atoms with Gasteiger partial charge in [0.15, 0.2) is 5.58 Å². The van der Waals surface area contributed by atoms with Crippen LogP contribution in [0.25, 0.3) is 21.5 Å². The van der Waals surface area contributed by atoms with E-state index in [2.05, 4.69) is 26.5 Å². The molecule has 0 aromatic carbocycles. The number of morpholine rings is 1. The van der Waals surface area contributed by atoms with Gasteiger partial charge in [-0.1, -0.05) is 19.8 Å². The quantitative estimate of drug-likeness (QED) is 0.325. The standard InChI is InChI=1S/C28H31N5O4S2/c1-16-4-2-3-5-21(16)31-19-11-17(25(28(29)35)30-13-19)10-18-15-38-32-24(18)20-14-37-26-22(34)12-23(39-27(20)26)33-6-8-36-9-7-33/h11-16,21,31H,2-10H2,1H3,(H2,29,35)/t16-,21+/m1/s1. The molecule has 1 saturated carbocycles. The molecule has 0 spiro atoms. The Morgan fingerprint density at radius 2 is 2.03 bits per heavy atom. The summed E-state index contributed by atoms with van der Waals surface area (Å²) in [5, 5.41) is 6.50. The van der Waals surface area contributed by atoms with Gasteiger partial charge in [-0.15, -0.1) is 11.3 Å². The van der Waals surface area contributed by atoms with Crippen molar-refractivity contribution in [3.05, 3.63) is 57.0 Å². The maximum Gasteiger partial charge on any atom is 0.267 e. The number of amides is 1. The van der Waals surface area contributed by atoms with Crippen LogP contribution in [0.2, 0.25) is 0 Å². The normalized spacial score (nSPS) is 19.9. The topological polar surface area (TPSA) is 124 Å². The van der Waals surface area contributed by atoms with Crippen LogP contribution in [0.15, 0.2) is 39.2 Å². The number of ether oxygens (including phenoxy) is 1. The molecular formula is C28H31N5O4S2. The predicted octanol–water partition coefficient (Wildman–Crippen LogP) is 4.89. The number of nitrogens with one attached hydrogen (secondary N) is 1. The third-order valence-electron chi connectivity index (χ3n) is 7.70. The van der Waals surface area contributed by atoms with Crippen molar-refractivity contribution in [3.8, 4) is 11.3 Å². The molecule has 39 heavy (non-hydrogen) atoms. The first-order valence-electron chi connectivity index (χ1n) is 13.3. The second-order valence-corrected chi connectivity index (χ2v) is 12.0. The number of aromatic nitrogens is 2. The minimum absolute atomic E-state index is 0.149. The number of carbonyl (C=O) groups is 1. The van der Waals surface area contributed by atoms with Crippen molar-refractivity contribution in [3.63, 3.8) is 0 Å². The molecule has 11 heteroatoms. The molecule has 204 valence electrons. The van der Waals surface area contributed by atoms with Crippen LogP contribution in [0.4, 0.5) is 10.7 Å². The van der Waals surface area contributed by atoms with Crippen molar-refractivity contribution in [1.29, 1.82) is 0 Å². The molecule has 1 amide bonds. The van der Waals surface area contributed by atoms with Gasteiger partial charge in [-0.2, -0.15) is 4.37 Å². The van der Waals surface area contributed by atoms with Crippen molar-refractivity contribution in [2.75, 3.05) is 36.5 Å². The van der Waals surface area contributed by atoms with Crippen LogP contribution in [-0.2, 0) is 11.2 Å². The van der Waals surface area contributed by atoms with E-state index in [-0.39, 0.29) is 11.1 Å². The molecule has 6 rings (SSSR count). The molecule has 0 unspecified atom stereocenters. The van der Waals surface area contributed by atoms with Gasteiger partial charge < -0.3 is 25.1 Å². The monoisotopic (exact) mass is 565 g/mol. The van der Waals surface area contributed by atoms with Crippen LogP contribution >= 0.6 is 22.9 Å². The lowest BCUT2D eigenvalue weighted by molar-refractivity contribution is 0.0994. The lowest BCUT2D eigenvalue weighted by Gasteiger charge is -2.30. The fourth-order valence-electron chi connectivity index (χ4n) is 5.53. The second-order valence-electron chi connectivity index (χ2n) is 10.3. The van der Waals surface area contributed by atoms with E-state index in [1.54, 1.807) is 18.5 Å². The zero-order chi connectivity index (χ0) is 26.9. The van der Waals surface area contributed by atoms with E-state index in [0.717, 1.165) is 57.3 Å². The SMILES string of the molecule is C[C@@H]1CCCC[C@@H]1Nc1cnc(C(N)=O)c(Cc2csnc2-c2coc3c(=O)cc(N4CCOCC4)sc23)c1. The average Bonchev–Trinajstić information content (AvgIpc) is 3.57. The number of nitrogens with two attached hydrogens (primary N) is 1. The minimum atomic E-state index is -0.561. The average molecular weight is 566 g/mol. The number of carbonyl (C=O) groups excluding carboxylic acids is 1. The van der Waals surface area contributed by atoms with Crippen LogP contribution in [0.5, 0.6) is 0 Å². The second kappa shape index (κ2) is 11.1. The molecule has 2 aliphatic rings. The zero-order valence-corrected chi connectivity index (χ0v) is 23.4. The largest absolute Gasteiger partial charge is 0.459 e. The Kier molecular flexibility index (Phi) is 7.37. The molecule has 3 N–H and O–H groups in total. The predicted molar refractivity (Wildman–Crippen MR) is 155 cm³/mol. The summed E-state index contributed by atoms with van der Waals surface area (Å²) >= 11 is 2.86. The highest BCUT2D eigenvalue weighted by Gasteiger charge is 2.24. The van der Waals surface area contributed by atoms with Gasteiger partial charge in [0.2, 0.25) is 5.43 Å². The fraction of sp³-hybridized carbons (Fsp3) is 0.429. The summed E-state index contributed by atoms with van der Waals surface area (Å²) in [4.78, 5) is 31.8. The van der Waals surface area contributed by atoms with Crippen LogP contribution in [0.3, 0.4) is 0 Å². The summed E-state index contributed by atoms with van der Waals surface area (Å²) in [5.74, 6) is 0.0176. The summed E-state index contributed by atoms with van der Waals surface area (Å²) in [6, 6.07) is 4.01. The molecule has 4 aromatic rings. The van der Waals surface area contributed by atoms with Crippen molar-refractivity contribution >= 4 is 49.7 Å². The first kappa shape index (κ1) is 26.0. The van der Waals surface area contributed by atoms with Gasteiger partial charge in [0, 0.05) is 37.0 Å². The van der Waals surface area contributed by atoms with Crippen LogP contribution in [0.1, 0.15) is 54.2 Å². The minimum Gasteiger partial charge on any atom is -0.459 e. The number of primary amides is 1. The Morgan fingerprint density at radius 3 is 2.82 bits per heavy atom. The Morgan fingerprint density at radius 1 is 1.21 bits per heavy atom. The third-order valence-corrected chi connectivity index (χ3v) is 9.57. The fourth-order valence-corrected chi connectivity index (χ4v) is 7.41. The highest BCUT2D eigenvalue weighted by Crippen LogP contribution is 2.38. The molecule has 4 aromatic heterocycles. The summed E-state index contributed by atoms with van der Waals surface area (Å²) in [5.41, 5.74) is 10.2. The van der Waals surface area contributed by atoms with E-state index >= 15 is 0 Å². The van der Waals surface area contributed by atoms with Crippen molar-refractivity contribution in [2.45, 2.75) is 45.1 Å². The zero-order valence-electron chi connectivity index (χ0n) is 21.8. The number of pyridine rings is 1. The van der Waals surface area contributed by atoms with Crippen molar-refractivity contribution < 1.29 is 13.9 Å². The van der Waals surface area contributed by atoms with Gasteiger partial charge in [-0.25, -0.2) is 4.98 Å². The van der Waals surface area contributed by atoms with E-state index in [1.165, 1.54) is 42.1 Å². The van der Waals surface area contributed by atoms with E-state index in [9.17, 15) is 9.59 Å². The van der Waals surface area contributed by atoms with Crippen molar-refractivity contribution in [1.82, 2.24) is 9.36 Å². The van der Waals surface area contributed by atoms with E-state index in [1.807, 2.05) is 11.4 Å². The highest BCUT2D eigenvalue weighted by atomic mass is 32.1. The molecule has 2 atom stereocenters. The van der Waals surface area contributed by atoms with Gasteiger partial charge in [-0.05, 0) is 47.5 Å². The van der Waals surface area contributed by atoms with Gasteiger partial charge in [0.1, 0.15) is 12.0 Å². The molecule has 5 heterocycles. The molecule has 1 aliphatic heterocycles. The molecule has 9 nitrogen and oxygen atoms in total. The Balaban J connectivity index is 1.34. The number of hydrogen-bond donors (Lipinski definition) is 2. The smallest absolute Gasteiger partial charge is 0.267 e. The van der Waals surface area contributed by atoms with E-state index in [4.69, 9.17) is 14.9 Å². The highest BCUT2D eigenvalue weighted by molar-refractivity contribution is 7.22. The van der Waals surface area contributed by atoms with E-state index < -0.39 is 5.91 Å². The maximum absolute atomic E-state index is 12.9. The van der Waals surface area contributed by atoms with Crippen LogP contribution in [-0.4, -0.2) is 47.6 Å². The summed E-state index contributed by atoms with van der Waals surface area (Å²) < 4.78 is 16.7. The molecule has 1 aliphatic carbocycles. The van der Waals surface area contributed by atoms with Gasteiger partial charge in [-0.3, -0.25) is 9.59 Å². The lowest BCUT2D eigenvalue weighted by atomic mass is 9.86. The van der Waals surface area contributed by atoms with E-state index in [0.29, 0.717) is 37.2 Å². The molecule has 1 saturated heterocycles. The third kappa shape index (κ3) is 5.30. The van der Waals surface area contributed by atoms with Crippen LogP contribution in [0, 0.1) is 5.92 Å². The lowest BCUT2D eigenvalue weighted by Crippen LogP contribution is -2.36. The van der Waals surface area contributed by atoms with Gasteiger partial charge in [0.05, 0.1) is 46.1 Å². The number of anilines is 2. The molecular weight excluding hydrogens is 534 g/mol. The first-order valence-corrected chi connectivity index (χ1v) is 15.0. The molecule has 2 fully saturated rings. The number of rotatable bonds is 7. The number of hydrogen-bond acceptors (Lipinski definition) is 10. The summed E-state index contributed by atoms with van der Waals surface area (Å²) in [7, 11) is 0. The Bertz CT molecular complexity index is 1560. The number of fused-ring (bicyclic) bond motifs is 1. The number of furan rings is 1. The maximum atomic E-state index is 12.9. The summed E-state index contributed by atoms with van der Waals surface area (Å²) in [6.45, 7) is 5.03. The van der Waals surface area contributed by atoms with Gasteiger partial charge >= 0.3 is 0 Å². The van der Waals surface area contributed by atoms with Crippen LogP contribution < -0.4 is 21.4 Å².